The van der Waals surface area contributed by atoms with Crippen LogP contribution in [-0.4, -0.2) is 42.6 Å². The van der Waals surface area contributed by atoms with Gasteiger partial charge < -0.3 is 4.43 Å². The van der Waals surface area contributed by atoms with E-state index in [-0.39, 0.29) is 16.6 Å². The zero-order chi connectivity index (χ0) is 24.5. The van der Waals surface area contributed by atoms with E-state index in [0.29, 0.717) is 18.6 Å². The predicted molar refractivity (Wildman–Crippen MR) is 136 cm³/mol. The SMILES string of the molecule is Cc1cn([C@H]2C[C@@H](CO[Si](c3ccccc3)(c3ccccc3)C(C)(C)C)N(C)O2)c(=O)[nH]c1=O. The van der Waals surface area contributed by atoms with E-state index in [1.54, 1.807) is 18.2 Å². The monoisotopic (exact) mass is 479 g/mol. The van der Waals surface area contributed by atoms with Crippen LogP contribution < -0.4 is 21.6 Å². The number of aromatic amines is 1. The lowest BCUT2D eigenvalue weighted by Crippen LogP contribution is -2.67. The van der Waals surface area contributed by atoms with Crippen molar-refractivity contribution in [3.63, 3.8) is 0 Å². The predicted octanol–water partition coefficient (Wildman–Crippen LogP) is 2.56. The van der Waals surface area contributed by atoms with Crippen LogP contribution in [-0.2, 0) is 9.26 Å². The van der Waals surface area contributed by atoms with Crippen molar-refractivity contribution >= 4 is 18.7 Å². The van der Waals surface area contributed by atoms with Crippen molar-refractivity contribution in [1.82, 2.24) is 14.6 Å². The summed E-state index contributed by atoms with van der Waals surface area (Å²) in [5, 5.41) is 4.09. The molecular formula is C26H33N3O4Si. The van der Waals surface area contributed by atoms with Crippen LogP contribution >= 0.6 is 0 Å². The Labute approximate surface area is 201 Å². The Morgan fingerprint density at radius 3 is 2.12 bits per heavy atom. The van der Waals surface area contributed by atoms with E-state index < -0.39 is 20.2 Å². The fourth-order valence-electron chi connectivity index (χ4n) is 4.82. The number of hydroxylamine groups is 2. The van der Waals surface area contributed by atoms with Crippen molar-refractivity contribution in [2.24, 2.45) is 0 Å². The number of nitrogens with zero attached hydrogens (tertiary/aromatic N) is 2. The first-order valence-corrected chi connectivity index (χ1v) is 13.5. The Balaban J connectivity index is 1.66. The van der Waals surface area contributed by atoms with E-state index in [9.17, 15) is 9.59 Å². The lowest BCUT2D eigenvalue weighted by Gasteiger charge is -2.43. The number of H-pyrrole nitrogens is 1. The number of rotatable bonds is 6. The molecule has 3 aromatic rings. The molecular weight excluding hydrogens is 446 g/mol. The Bertz CT molecular complexity index is 1200. The van der Waals surface area contributed by atoms with E-state index in [2.05, 4.69) is 74.3 Å². The standard InChI is InChI=1S/C26H33N3O4Si/c1-19-17-29(25(31)27-24(19)30)23-16-20(28(5)33-23)18-32-34(26(2,3)4,21-12-8-6-9-13-21)22-14-10-7-11-15-22/h6-15,17,20,23H,16,18H2,1-5H3,(H,27,30,31)/t20-,23+/m0/s1. The first-order chi connectivity index (χ1) is 16.1. The molecule has 2 atom stereocenters. The number of hydrogen-bond acceptors (Lipinski definition) is 5. The van der Waals surface area contributed by atoms with Gasteiger partial charge in [-0.1, -0.05) is 81.4 Å². The van der Waals surface area contributed by atoms with Crippen molar-refractivity contribution in [3.8, 4) is 0 Å². The smallest absolute Gasteiger partial charge is 0.330 e. The number of likely N-dealkylation sites (N-methyl/N-ethyl adjacent to an activating group) is 1. The number of benzene rings is 2. The van der Waals surface area contributed by atoms with Gasteiger partial charge in [0, 0.05) is 25.2 Å². The molecule has 180 valence electrons. The highest BCUT2D eigenvalue weighted by Crippen LogP contribution is 2.37. The summed E-state index contributed by atoms with van der Waals surface area (Å²) in [5.41, 5.74) is -0.375. The van der Waals surface area contributed by atoms with Crippen molar-refractivity contribution in [2.75, 3.05) is 13.7 Å². The van der Waals surface area contributed by atoms with E-state index >= 15 is 0 Å². The third-order valence-corrected chi connectivity index (χ3v) is 11.6. The average Bonchev–Trinajstić information content (AvgIpc) is 3.17. The van der Waals surface area contributed by atoms with E-state index in [1.807, 2.05) is 19.2 Å². The largest absolute Gasteiger partial charge is 0.406 e. The Hall–Kier alpha value is -2.78. The molecule has 7 nitrogen and oxygen atoms in total. The summed E-state index contributed by atoms with van der Waals surface area (Å²) in [5.74, 6) is 0. The summed E-state index contributed by atoms with van der Waals surface area (Å²) in [6.45, 7) is 8.88. The maximum atomic E-state index is 12.4. The minimum Gasteiger partial charge on any atom is -0.406 e. The second kappa shape index (κ2) is 9.46. The fraction of sp³-hybridized carbons (Fsp3) is 0.385. The molecule has 0 spiro atoms. The minimum atomic E-state index is -2.67. The fourth-order valence-corrected chi connectivity index (χ4v) is 9.42. The highest BCUT2D eigenvalue weighted by atomic mass is 28.4. The van der Waals surface area contributed by atoms with Crippen LogP contribution in [0.2, 0.25) is 5.04 Å². The normalized spacial score (nSPS) is 19.4. The number of aryl methyl sites for hydroxylation is 1. The molecule has 8 heteroatoms. The van der Waals surface area contributed by atoms with Gasteiger partial charge in [0.2, 0.25) is 0 Å². The van der Waals surface area contributed by atoms with Gasteiger partial charge in [-0.05, 0) is 22.3 Å². The van der Waals surface area contributed by atoms with Gasteiger partial charge in [-0.25, -0.2) is 4.79 Å². The summed E-state index contributed by atoms with van der Waals surface area (Å²) in [4.78, 5) is 32.5. The van der Waals surface area contributed by atoms with Crippen LogP contribution in [0, 0.1) is 6.92 Å². The Morgan fingerprint density at radius 2 is 1.59 bits per heavy atom. The van der Waals surface area contributed by atoms with Gasteiger partial charge in [0.1, 0.15) is 0 Å². The molecule has 0 saturated carbocycles. The minimum absolute atomic E-state index is 0.0502. The third-order valence-electron chi connectivity index (χ3n) is 6.64. The first kappa shape index (κ1) is 24.3. The maximum absolute atomic E-state index is 12.4. The van der Waals surface area contributed by atoms with Crippen molar-refractivity contribution in [3.05, 3.63) is 93.3 Å². The summed E-state index contributed by atoms with van der Waals surface area (Å²) < 4.78 is 8.50. The first-order valence-electron chi connectivity index (χ1n) is 11.6. The molecule has 1 fully saturated rings. The number of hydrogen-bond donors (Lipinski definition) is 1. The molecule has 0 aliphatic carbocycles. The highest BCUT2D eigenvalue weighted by molar-refractivity contribution is 6.99. The maximum Gasteiger partial charge on any atom is 0.330 e. The van der Waals surface area contributed by atoms with Crippen LogP contribution in [0.4, 0.5) is 0 Å². The van der Waals surface area contributed by atoms with Gasteiger partial charge in [-0.2, -0.15) is 5.06 Å². The molecule has 4 rings (SSSR count). The van der Waals surface area contributed by atoms with Gasteiger partial charge >= 0.3 is 5.69 Å². The number of aromatic nitrogens is 2. The molecule has 0 amide bonds. The van der Waals surface area contributed by atoms with Gasteiger partial charge in [0.15, 0.2) is 6.23 Å². The van der Waals surface area contributed by atoms with Gasteiger partial charge in [0.05, 0.1) is 12.6 Å². The van der Waals surface area contributed by atoms with Crippen LogP contribution in [0.3, 0.4) is 0 Å². The highest BCUT2D eigenvalue weighted by Gasteiger charge is 2.51. The molecule has 1 aromatic heterocycles. The molecule has 1 saturated heterocycles. The van der Waals surface area contributed by atoms with Crippen LogP contribution in [0.15, 0.2) is 76.4 Å². The summed E-state index contributed by atoms with van der Waals surface area (Å²) in [6.07, 6.45) is 1.63. The molecule has 2 aromatic carbocycles. The Morgan fingerprint density at radius 1 is 1.03 bits per heavy atom. The topological polar surface area (TPSA) is 76.6 Å². The second-order valence-corrected chi connectivity index (χ2v) is 14.3. The summed E-state index contributed by atoms with van der Waals surface area (Å²) in [6, 6.07) is 21.0. The zero-order valence-corrected chi connectivity index (χ0v) is 21.4. The number of nitrogens with one attached hydrogen (secondary N) is 1. The second-order valence-electron chi connectivity index (χ2n) is 9.95. The van der Waals surface area contributed by atoms with Gasteiger partial charge in [0.25, 0.3) is 13.9 Å². The summed E-state index contributed by atoms with van der Waals surface area (Å²) in [7, 11) is -0.809. The molecule has 2 heterocycles. The third kappa shape index (κ3) is 4.46. The van der Waals surface area contributed by atoms with Crippen molar-refractivity contribution in [2.45, 2.75) is 51.4 Å². The zero-order valence-electron chi connectivity index (χ0n) is 20.4. The quantitative estimate of drug-likeness (QED) is 0.550. The molecule has 0 bridgehead atoms. The van der Waals surface area contributed by atoms with E-state index in [1.165, 1.54) is 14.9 Å². The van der Waals surface area contributed by atoms with Crippen LogP contribution in [0.1, 0.15) is 39.0 Å². The molecule has 34 heavy (non-hydrogen) atoms. The van der Waals surface area contributed by atoms with Crippen molar-refractivity contribution in [1.29, 1.82) is 0 Å². The molecule has 0 unspecified atom stereocenters. The van der Waals surface area contributed by atoms with Crippen LogP contribution in [0.25, 0.3) is 0 Å². The average molecular weight is 480 g/mol. The molecule has 1 aliphatic rings. The molecule has 1 aliphatic heterocycles. The van der Waals surface area contributed by atoms with Crippen LogP contribution in [0.5, 0.6) is 0 Å². The van der Waals surface area contributed by atoms with E-state index in [4.69, 9.17) is 9.26 Å². The van der Waals surface area contributed by atoms with Gasteiger partial charge in [-0.15, -0.1) is 0 Å². The summed E-state index contributed by atoms with van der Waals surface area (Å²) >= 11 is 0. The lowest BCUT2D eigenvalue weighted by atomic mass is 10.2. The molecule has 0 radical (unpaired) electrons. The molecule has 1 N–H and O–H groups in total. The van der Waals surface area contributed by atoms with E-state index in [0.717, 1.165) is 0 Å². The Kier molecular flexibility index (Phi) is 6.77. The van der Waals surface area contributed by atoms with Crippen molar-refractivity contribution < 1.29 is 9.26 Å². The lowest BCUT2D eigenvalue weighted by molar-refractivity contribution is -0.169. The van der Waals surface area contributed by atoms with Gasteiger partial charge in [-0.3, -0.25) is 19.2 Å².